The Morgan fingerprint density at radius 2 is 1.55 bits per heavy atom. The number of aliphatic carboxylic acids is 1. The Hall–Kier alpha value is -3.35. The van der Waals surface area contributed by atoms with Gasteiger partial charge in [-0.05, 0) is 31.9 Å². The Kier molecular flexibility index (Phi) is 8.19. The van der Waals surface area contributed by atoms with E-state index in [9.17, 15) is 19.5 Å². The number of ether oxygens (including phenoxy) is 1. The molecule has 0 fully saturated rings. The molecule has 0 saturated heterocycles. The highest BCUT2D eigenvalue weighted by Gasteiger charge is 2.30. The van der Waals surface area contributed by atoms with Crippen LogP contribution in [0.3, 0.4) is 0 Å². The van der Waals surface area contributed by atoms with Crippen molar-refractivity contribution in [2.75, 3.05) is 7.05 Å². The highest BCUT2D eigenvalue weighted by atomic mass is 16.6. The van der Waals surface area contributed by atoms with Crippen LogP contribution in [0.2, 0.25) is 0 Å². The van der Waals surface area contributed by atoms with E-state index in [1.165, 1.54) is 11.9 Å². The fourth-order valence-corrected chi connectivity index (χ4v) is 3.11. The first-order chi connectivity index (χ1) is 14.6. The summed E-state index contributed by atoms with van der Waals surface area (Å²) in [5.74, 6) is -1.48. The van der Waals surface area contributed by atoms with Crippen LogP contribution in [0.15, 0.2) is 60.7 Å². The normalized spacial score (nSPS) is 13.0. The number of benzene rings is 2. The third-order valence-corrected chi connectivity index (χ3v) is 4.69. The van der Waals surface area contributed by atoms with Crippen molar-refractivity contribution in [1.82, 2.24) is 10.2 Å². The Bertz CT molecular complexity index is 878. The van der Waals surface area contributed by atoms with E-state index in [-0.39, 0.29) is 12.8 Å². The van der Waals surface area contributed by atoms with Crippen LogP contribution >= 0.6 is 0 Å². The van der Waals surface area contributed by atoms with Gasteiger partial charge in [-0.15, -0.1) is 0 Å². The van der Waals surface area contributed by atoms with Gasteiger partial charge in [-0.1, -0.05) is 60.7 Å². The number of carboxylic acids is 1. The summed E-state index contributed by atoms with van der Waals surface area (Å²) in [6.45, 7) is 5.26. The molecule has 0 unspecified atom stereocenters. The maximum atomic E-state index is 13.0. The third-order valence-electron chi connectivity index (χ3n) is 4.69. The van der Waals surface area contributed by atoms with Crippen molar-refractivity contribution in [3.8, 4) is 0 Å². The van der Waals surface area contributed by atoms with Gasteiger partial charge < -0.3 is 20.1 Å². The number of nitrogens with zero attached hydrogens (tertiary/aromatic N) is 1. The first kappa shape index (κ1) is 23.9. The molecular weight excluding hydrogens is 396 g/mol. The average molecular weight is 427 g/mol. The molecule has 31 heavy (non-hydrogen) atoms. The summed E-state index contributed by atoms with van der Waals surface area (Å²) < 4.78 is 5.33. The number of amides is 2. The molecule has 0 bridgehead atoms. The summed E-state index contributed by atoms with van der Waals surface area (Å²) in [5, 5.41) is 12.4. The monoisotopic (exact) mass is 426 g/mol. The van der Waals surface area contributed by atoms with Crippen LogP contribution in [0.1, 0.15) is 44.4 Å². The molecule has 0 spiro atoms. The predicted octanol–water partition coefficient (Wildman–Crippen LogP) is 3.80. The minimum absolute atomic E-state index is 0.0989. The minimum atomic E-state index is -1.09. The quantitative estimate of drug-likeness (QED) is 0.669. The van der Waals surface area contributed by atoms with Gasteiger partial charge in [0.25, 0.3) is 0 Å². The van der Waals surface area contributed by atoms with Crippen molar-refractivity contribution in [1.29, 1.82) is 0 Å². The molecule has 0 heterocycles. The van der Waals surface area contributed by atoms with E-state index in [4.69, 9.17) is 4.74 Å². The maximum Gasteiger partial charge on any atom is 0.408 e. The fourth-order valence-electron chi connectivity index (χ4n) is 3.11. The molecule has 0 aromatic heterocycles. The molecule has 166 valence electrons. The first-order valence-electron chi connectivity index (χ1n) is 10.1. The lowest BCUT2D eigenvalue weighted by Gasteiger charge is -2.28. The van der Waals surface area contributed by atoms with Crippen molar-refractivity contribution < 1.29 is 24.2 Å². The number of hydrogen-bond acceptors (Lipinski definition) is 4. The lowest BCUT2D eigenvalue weighted by Crippen LogP contribution is -2.45. The molecule has 2 atom stereocenters. The largest absolute Gasteiger partial charge is 0.480 e. The fraction of sp³-hybridized carbons (Fsp3) is 0.375. The standard InChI is InChI=1S/C24H30N2O5/c1-24(2,3)31-23(30)25-19(18-13-9-6-10-14-18)16-21(27)26(4)20(22(28)29)15-17-11-7-5-8-12-17/h5-14,19-20H,15-16H2,1-4H3,(H,25,30)(H,28,29)/t19-,20-/m0/s1. The summed E-state index contributed by atoms with van der Waals surface area (Å²) in [6.07, 6.45) is -0.553. The maximum absolute atomic E-state index is 13.0. The van der Waals surface area contributed by atoms with Crippen molar-refractivity contribution in [3.05, 3.63) is 71.8 Å². The number of carbonyl (C=O) groups excluding carboxylic acids is 2. The van der Waals surface area contributed by atoms with Crippen LogP contribution in [0.25, 0.3) is 0 Å². The van der Waals surface area contributed by atoms with Gasteiger partial charge >= 0.3 is 12.1 Å². The molecule has 0 radical (unpaired) electrons. The molecule has 0 aliphatic rings. The number of likely N-dealkylation sites (N-methyl/N-ethyl adjacent to an activating group) is 1. The molecule has 0 aliphatic heterocycles. The molecule has 2 rings (SSSR count). The molecule has 7 heteroatoms. The average Bonchev–Trinajstić information content (AvgIpc) is 2.70. The van der Waals surface area contributed by atoms with E-state index < -0.39 is 35.7 Å². The second-order valence-corrected chi connectivity index (χ2v) is 8.36. The smallest absolute Gasteiger partial charge is 0.408 e. The first-order valence-corrected chi connectivity index (χ1v) is 10.1. The lowest BCUT2D eigenvalue weighted by atomic mass is 10.0. The Morgan fingerprint density at radius 1 is 1.00 bits per heavy atom. The SMILES string of the molecule is CN(C(=O)C[C@H](NC(=O)OC(C)(C)C)c1ccccc1)[C@@H](Cc1ccccc1)C(=O)O. The van der Waals surface area contributed by atoms with Gasteiger partial charge in [-0.25, -0.2) is 9.59 Å². The molecule has 2 aromatic carbocycles. The van der Waals surface area contributed by atoms with E-state index in [1.54, 1.807) is 32.9 Å². The topological polar surface area (TPSA) is 95.9 Å². The Labute approximate surface area is 183 Å². The summed E-state index contributed by atoms with van der Waals surface area (Å²) >= 11 is 0. The van der Waals surface area contributed by atoms with Crippen molar-refractivity contribution in [3.63, 3.8) is 0 Å². The van der Waals surface area contributed by atoms with Crippen LogP contribution in [0.4, 0.5) is 4.79 Å². The van der Waals surface area contributed by atoms with Crippen molar-refractivity contribution in [2.45, 2.75) is 51.3 Å². The van der Waals surface area contributed by atoms with Crippen LogP contribution < -0.4 is 5.32 Å². The summed E-state index contributed by atoms with van der Waals surface area (Å²) in [4.78, 5) is 38.4. The number of rotatable bonds is 8. The number of carboxylic acid groups (broad SMARTS) is 1. The summed E-state index contributed by atoms with van der Waals surface area (Å²) in [6, 6.07) is 16.5. The van der Waals surface area contributed by atoms with E-state index in [0.29, 0.717) is 0 Å². The Balaban J connectivity index is 2.16. The Morgan fingerprint density at radius 3 is 2.06 bits per heavy atom. The van der Waals surface area contributed by atoms with Crippen LogP contribution in [0, 0.1) is 0 Å². The van der Waals surface area contributed by atoms with E-state index in [0.717, 1.165) is 11.1 Å². The van der Waals surface area contributed by atoms with Crippen molar-refractivity contribution in [2.24, 2.45) is 0 Å². The molecule has 2 N–H and O–H groups in total. The van der Waals surface area contributed by atoms with Gasteiger partial charge in [0, 0.05) is 13.5 Å². The summed E-state index contributed by atoms with van der Waals surface area (Å²) in [7, 11) is 1.47. The lowest BCUT2D eigenvalue weighted by molar-refractivity contribution is -0.149. The molecular formula is C24H30N2O5. The van der Waals surface area contributed by atoms with Gasteiger partial charge in [0.1, 0.15) is 11.6 Å². The molecule has 2 amide bonds. The van der Waals surface area contributed by atoms with Gasteiger partial charge in [-0.3, -0.25) is 4.79 Å². The van der Waals surface area contributed by atoms with Gasteiger partial charge in [0.15, 0.2) is 0 Å². The van der Waals surface area contributed by atoms with Crippen LogP contribution in [-0.2, 0) is 20.7 Å². The highest BCUT2D eigenvalue weighted by molar-refractivity contribution is 5.84. The van der Waals surface area contributed by atoms with Gasteiger partial charge in [-0.2, -0.15) is 0 Å². The third kappa shape index (κ3) is 7.77. The number of hydrogen-bond donors (Lipinski definition) is 2. The molecule has 2 aromatic rings. The number of carbonyl (C=O) groups is 3. The number of nitrogens with one attached hydrogen (secondary N) is 1. The second-order valence-electron chi connectivity index (χ2n) is 8.36. The molecule has 0 aliphatic carbocycles. The van der Waals surface area contributed by atoms with Crippen molar-refractivity contribution >= 4 is 18.0 Å². The minimum Gasteiger partial charge on any atom is -0.480 e. The summed E-state index contributed by atoms with van der Waals surface area (Å²) in [5.41, 5.74) is 0.863. The second kappa shape index (κ2) is 10.6. The highest BCUT2D eigenvalue weighted by Crippen LogP contribution is 2.20. The zero-order chi connectivity index (χ0) is 23.0. The zero-order valence-corrected chi connectivity index (χ0v) is 18.4. The predicted molar refractivity (Wildman–Crippen MR) is 118 cm³/mol. The number of alkyl carbamates (subject to hydrolysis) is 1. The van der Waals surface area contributed by atoms with Crippen LogP contribution in [-0.4, -0.2) is 46.7 Å². The van der Waals surface area contributed by atoms with Crippen LogP contribution in [0.5, 0.6) is 0 Å². The van der Waals surface area contributed by atoms with Gasteiger partial charge in [0.2, 0.25) is 5.91 Å². The van der Waals surface area contributed by atoms with E-state index in [2.05, 4.69) is 5.32 Å². The molecule has 0 saturated carbocycles. The van der Waals surface area contributed by atoms with E-state index >= 15 is 0 Å². The molecule has 7 nitrogen and oxygen atoms in total. The van der Waals surface area contributed by atoms with E-state index in [1.807, 2.05) is 48.5 Å². The van der Waals surface area contributed by atoms with Gasteiger partial charge in [0.05, 0.1) is 12.5 Å². The zero-order valence-electron chi connectivity index (χ0n) is 18.4.